The minimum absolute atomic E-state index is 0.00247. The highest BCUT2D eigenvalue weighted by Crippen LogP contribution is 2.35. The summed E-state index contributed by atoms with van der Waals surface area (Å²) in [6, 6.07) is 1.94. The second-order valence-corrected chi connectivity index (χ2v) is 7.10. The van der Waals surface area contributed by atoms with Crippen molar-refractivity contribution in [3.05, 3.63) is 44.5 Å². The first-order valence-electron chi connectivity index (χ1n) is 8.99. The Morgan fingerprint density at radius 3 is 2.46 bits per heavy atom. The maximum atomic E-state index is 12.5. The zero-order valence-electron chi connectivity index (χ0n) is 16.2. The quantitative estimate of drug-likeness (QED) is 0.711. The third-order valence-electron chi connectivity index (χ3n) is 5.23. The van der Waals surface area contributed by atoms with Crippen molar-refractivity contribution in [1.29, 1.82) is 0 Å². The van der Waals surface area contributed by atoms with Gasteiger partial charge in [0.2, 0.25) is 5.91 Å². The zero-order chi connectivity index (χ0) is 19.2. The molecular formula is C21H25NO4. The number of carbonyl (C=O) groups excluding carboxylic acids is 1. The number of fused-ring (bicyclic) bond motifs is 3. The number of furan rings is 1. The maximum absolute atomic E-state index is 12.5. The Morgan fingerprint density at radius 2 is 1.81 bits per heavy atom. The molecule has 0 radical (unpaired) electrons. The van der Waals surface area contributed by atoms with Crippen molar-refractivity contribution in [1.82, 2.24) is 5.32 Å². The Kier molecular flexibility index (Phi) is 4.65. The Morgan fingerprint density at radius 1 is 1.12 bits per heavy atom. The number of hydrogen-bond acceptors (Lipinski definition) is 4. The van der Waals surface area contributed by atoms with Crippen LogP contribution in [0.4, 0.5) is 0 Å². The fourth-order valence-electron chi connectivity index (χ4n) is 3.42. The van der Waals surface area contributed by atoms with Crippen molar-refractivity contribution < 1.29 is 13.6 Å². The lowest BCUT2D eigenvalue weighted by Gasteiger charge is -2.13. The summed E-state index contributed by atoms with van der Waals surface area (Å²) in [7, 11) is 0. The molecule has 0 saturated heterocycles. The molecule has 0 saturated carbocycles. The van der Waals surface area contributed by atoms with Crippen LogP contribution in [0.1, 0.15) is 48.3 Å². The number of nitrogens with one attached hydrogen (secondary N) is 1. The molecule has 0 aliphatic carbocycles. The van der Waals surface area contributed by atoms with Crippen LogP contribution in [-0.4, -0.2) is 11.9 Å². The largest absolute Gasteiger partial charge is 0.460 e. The van der Waals surface area contributed by atoms with Crippen LogP contribution in [-0.2, 0) is 11.2 Å². The molecule has 2 heterocycles. The van der Waals surface area contributed by atoms with Gasteiger partial charge in [0.1, 0.15) is 16.9 Å². The third kappa shape index (κ3) is 2.91. The summed E-state index contributed by atoms with van der Waals surface area (Å²) in [5.74, 6) is 0.668. The predicted octanol–water partition coefficient (Wildman–Crippen LogP) is 4.23. The molecular weight excluding hydrogens is 330 g/mol. The molecule has 0 aliphatic rings. The molecule has 5 heteroatoms. The van der Waals surface area contributed by atoms with Crippen LogP contribution in [0.3, 0.4) is 0 Å². The Hall–Kier alpha value is -2.56. The Balaban J connectivity index is 2.22. The van der Waals surface area contributed by atoms with Gasteiger partial charge in [-0.1, -0.05) is 6.92 Å². The van der Waals surface area contributed by atoms with Gasteiger partial charge in [-0.25, -0.2) is 4.79 Å². The summed E-state index contributed by atoms with van der Waals surface area (Å²) in [4.78, 5) is 24.8. The van der Waals surface area contributed by atoms with Gasteiger partial charge in [-0.05, 0) is 63.8 Å². The fraction of sp³-hybridized carbons (Fsp3) is 0.429. The van der Waals surface area contributed by atoms with E-state index in [1.807, 2.05) is 47.6 Å². The molecule has 0 bridgehead atoms. The first kappa shape index (κ1) is 18.2. The molecule has 0 spiro atoms. The maximum Gasteiger partial charge on any atom is 0.340 e. The minimum Gasteiger partial charge on any atom is -0.460 e. The molecule has 3 aromatic rings. The third-order valence-corrected chi connectivity index (χ3v) is 5.23. The van der Waals surface area contributed by atoms with Gasteiger partial charge in [0.15, 0.2) is 0 Å². The van der Waals surface area contributed by atoms with Gasteiger partial charge in [-0.3, -0.25) is 4.79 Å². The van der Waals surface area contributed by atoms with Crippen LogP contribution in [0.25, 0.3) is 21.9 Å². The van der Waals surface area contributed by atoms with Crippen molar-refractivity contribution in [3.8, 4) is 0 Å². The number of hydrogen-bond donors (Lipinski definition) is 1. The summed E-state index contributed by atoms with van der Waals surface area (Å²) in [5.41, 5.74) is 3.97. The number of benzene rings is 1. The number of carbonyl (C=O) groups is 1. The molecule has 3 rings (SSSR count). The first-order valence-corrected chi connectivity index (χ1v) is 8.99. The highest BCUT2D eigenvalue weighted by molar-refractivity contribution is 6.07. The van der Waals surface area contributed by atoms with E-state index < -0.39 is 5.63 Å². The van der Waals surface area contributed by atoms with Crippen LogP contribution >= 0.6 is 0 Å². The van der Waals surface area contributed by atoms with E-state index in [2.05, 4.69) is 5.32 Å². The lowest BCUT2D eigenvalue weighted by atomic mass is 9.98. The molecule has 138 valence electrons. The highest BCUT2D eigenvalue weighted by Gasteiger charge is 2.21. The molecule has 0 aliphatic heterocycles. The van der Waals surface area contributed by atoms with E-state index in [-0.39, 0.29) is 18.4 Å². The molecule has 2 aromatic heterocycles. The molecule has 26 heavy (non-hydrogen) atoms. The predicted molar refractivity (Wildman–Crippen MR) is 103 cm³/mol. The monoisotopic (exact) mass is 355 g/mol. The SMILES string of the molecule is CCC(C)NC(=O)Cc1c(C)c2c(cc(C)c3c(C)c(C)oc32)oc1=O. The van der Waals surface area contributed by atoms with Gasteiger partial charge in [-0.15, -0.1) is 0 Å². The number of amides is 1. The van der Waals surface area contributed by atoms with Gasteiger partial charge in [0, 0.05) is 11.4 Å². The topological polar surface area (TPSA) is 72.5 Å². The molecule has 1 N–H and O–H groups in total. The molecule has 1 atom stereocenters. The molecule has 1 aromatic carbocycles. The molecule has 1 amide bonds. The van der Waals surface area contributed by atoms with E-state index in [1.54, 1.807) is 0 Å². The first-order chi connectivity index (χ1) is 12.2. The lowest BCUT2D eigenvalue weighted by molar-refractivity contribution is -0.121. The highest BCUT2D eigenvalue weighted by atomic mass is 16.4. The van der Waals surface area contributed by atoms with Crippen LogP contribution < -0.4 is 10.9 Å². The lowest BCUT2D eigenvalue weighted by Crippen LogP contribution is -2.34. The van der Waals surface area contributed by atoms with Gasteiger partial charge in [0.25, 0.3) is 0 Å². The smallest absolute Gasteiger partial charge is 0.340 e. The van der Waals surface area contributed by atoms with E-state index in [4.69, 9.17) is 8.83 Å². The van der Waals surface area contributed by atoms with E-state index in [0.29, 0.717) is 11.1 Å². The normalized spacial score (nSPS) is 12.7. The van der Waals surface area contributed by atoms with E-state index >= 15 is 0 Å². The standard InChI is InChI=1S/C21H25NO4/c1-7-11(3)22-17(23)9-15-13(5)19-16(26-21(15)24)8-10(2)18-12(4)14(6)25-20(18)19/h8,11H,7,9H2,1-6H3,(H,22,23). The average Bonchev–Trinajstić information content (AvgIpc) is 2.86. The van der Waals surface area contributed by atoms with E-state index in [0.717, 1.165) is 45.2 Å². The van der Waals surface area contributed by atoms with Gasteiger partial charge < -0.3 is 14.2 Å². The minimum atomic E-state index is -0.465. The van der Waals surface area contributed by atoms with E-state index in [1.165, 1.54) is 0 Å². The Labute approximate surface area is 152 Å². The van der Waals surface area contributed by atoms with Gasteiger partial charge in [0.05, 0.1) is 17.4 Å². The summed E-state index contributed by atoms with van der Waals surface area (Å²) in [5, 5.41) is 4.71. The number of rotatable bonds is 4. The van der Waals surface area contributed by atoms with E-state index in [9.17, 15) is 9.59 Å². The summed E-state index contributed by atoms with van der Waals surface area (Å²) in [6.45, 7) is 11.7. The van der Waals surface area contributed by atoms with Crippen molar-refractivity contribution in [2.24, 2.45) is 0 Å². The second-order valence-electron chi connectivity index (χ2n) is 7.10. The number of aryl methyl sites for hydroxylation is 4. The van der Waals surface area contributed by atoms with Gasteiger partial charge >= 0.3 is 5.63 Å². The molecule has 5 nitrogen and oxygen atoms in total. The Bertz CT molecular complexity index is 1070. The summed E-state index contributed by atoms with van der Waals surface area (Å²) in [6.07, 6.45) is 0.838. The van der Waals surface area contributed by atoms with Crippen LogP contribution in [0.2, 0.25) is 0 Å². The molecule has 1 unspecified atom stereocenters. The van der Waals surface area contributed by atoms with Crippen molar-refractivity contribution in [2.45, 2.75) is 60.4 Å². The van der Waals surface area contributed by atoms with Crippen LogP contribution in [0, 0.1) is 27.7 Å². The zero-order valence-corrected chi connectivity index (χ0v) is 16.2. The summed E-state index contributed by atoms with van der Waals surface area (Å²) < 4.78 is 11.5. The van der Waals surface area contributed by atoms with Crippen molar-refractivity contribution in [2.75, 3.05) is 0 Å². The van der Waals surface area contributed by atoms with Crippen molar-refractivity contribution in [3.63, 3.8) is 0 Å². The summed E-state index contributed by atoms with van der Waals surface area (Å²) >= 11 is 0. The van der Waals surface area contributed by atoms with Crippen LogP contribution in [0.5, 0.6) is 0 Å². The van der Waals surface area contributed by atoms with Crippen molar-refractivity contribution >= 4 is 27.8 Å². The molecule has 0 fully saturated rings. The van der Waals surface area contributed by atoms with Gasteiger partial charge in [-0.2, -0.15) is 0 Å². The van der Waals surface area contributed by atoms with Crippen LogP contribution in [0.15, 0.2) is 19.7 Å². The second kappa shape index (κ2) is 6.63. The average molecular weight is 355 g/mol. The fourth-order valence-corrected chi connectivity index (χ4v) is 3.42.